The van der Waals surface area contributed by atoms with Crippen LogP contribution in [0.3, 0.4) is 0 Å². The van der Waals surface area contributed by atoms with E-state index in [-0.39, 0.29) is 0 Å². The first-order chi connectivity index (χ1) is 32.7. The molecule has 0 radical (unpaired) electrons. The van der Waals surface area contributed by atoms with Gasteiger partial charge in [0, 0.05) is 53.2 Å². The van der Waals surface area contributed by atoms with E-state index < -0.39 is 0 Å². The van der Waals surface area contributed by atoms with Crippen LogP contribution in [0.2, 0.25) is 0 Å². The van der Waals surface area contributed by atoms with Gasteiger partial charge in [0.2, 0.25) is 0 Å². The van der Waals surface area contributed by atoms with Gasteiger partial charge in [0.05, 0.1) is 16.7 Å². The SMILES string of the molecule is c1ccc(-c2ccc(-c3nc(-c4ccc(-c5ccc6ccccc6c5)cc4)nc(-c4cccc(-c5ccc6c(c5)sc5ccccc56)c4)n3)cc2-n2c3ccccc3c3ccccc32)cc1. The monoisotopic (exact) mass is 858 g/mol. The largest absolute Gasteiger partial charge is 0.309 e. The van der Waals surface area contributed by atoms with Gasteiger partial charge in [0.1, 0.15) is 0 Å². The van der Waals surface area contributed by atoms with Crippen molar-refractivity contribution in [2.45, 2.75) is 0 Å². The molecule has 0 N–H and O–H groups in total. The molecule has 5 heteroatoms. The van der Waals surface area contributed by atoms with Crippen LogP contribution in [0.5, 0.6) is 0 Å². The van der Waals surface area contributed by atoms with Crippen LogP contribution in [0.25, 0.3) is 126 Å². The van der Waals surface area contributed by atoms with Crippen molar-refractivity contribution in [1.29, 1.82) is 0 Å². The molecule has 0 bridgehead atoms. The van der Waals surface area contributed by atoms with Crippen molar-refractivity contribution in [3.05, 3.63) is 231 Å². The van der Waals surface area contributed by atoms with E-state index in [1.165, 1.54) is 47.3 Å². The first-order valence-corrected chi connectivity index (χ1v) is 23.1. The molecule has 66 heavy (non-hydrogen) atoms. The third-order valence-corrected chi connectivity index (χ3v) is 14.0. The van der Waals surface area contributed by atoms with E-state index in [1.54, 1.807) is 0 Å². The lowest BCUT2D eigenvalue weighted by molar-refractivity contribution is 1.07. The molecule has 0 fully saturated rings. The number of nitrogens with zero attached hydrogens (tertiary/aromatic N) is 4. The van der Waals surface area contributed by atoms with Crippen molar-refractivity contribution in [3.63, 3.8) is 0 Å². The minimum absolute atomic E-state index is 0.604. The molecule has 0 aliphatic carbocycles. The summed E-state index contributed by atoms with van der Waals surface area (Å²) in [5.41, 5.74) is 12.9. The molecule has 0 unspecified atom stereocenters. The highest BCUT2D eigenvalue weighted by atomic mass is 32.1. The lowest BCUT2D eigenvalue weighted by Crippen LogP contribution is -2.02. The Morgan fingerprint density at radius 1 is 0.288 bits per heavy atom. The molecule has 13 rings (SSSR count). The average Bonchev–Trinajstić information content (AvgIpc) is 3.94. The van der Waals surface area contributed by atoms with Gasteiger partial charge in [-0.25, -0.2) is 15.0 Å². The van der Waals surface area contributed by atoms with Crippen LogP contribution in [0.15, 0.2) is 231 Å². The summed E-state index contributed by atoms with van der Waals surface area (Å²) in [5.74, 6) is 1.83. The Hall–Kier alpha value is -8.51. The summed E-state index contributed by atoms with van der Waals surface area (Å²) < 4.78 is 4.96. The Labute approximate surface area is 385 Å². The number of benzene rings is 10. The number of aromatic nitrogens is 4. The number of rotatable bonds is 7. The van der Waals surface area contributed by atoms with E-state index in [0.717, 1.165) is 61.2 Å². The molecule has 308 valence electrons. The van der Waals surface area contributed by atoms with Crippen molar-refractivity contribution in [2.24, 2.45) is 0 Å². The van der Waals surface area contributed by atoms with Crippen molar-refractivity contribution < 1.29 is 0 Å². The quantitative estimate of drug-likeness (QED) is 0.160. The fourth-order valence-electron chi connectivity index (χ4n) is 9.59. The van der Waals surface area contributed by atoms with E-state index >= 15 is 0 Å². The summed E-state index contributed by atoms with van der Waals surface area (Å²) in [4.78, 5) is 15.9. The zero-order valence-corrected chi connectivity index (χ0v) is 36.5. The molecule has 0 aliphatic heterocycles. The van der Waals surface area contributed by atoms with Gasteiger partial charge < -0.3 is 4.57 Å². The highest BCUT2D eigenvalue weighted by Crippen LogP contribution is 2.40. The number of fused-ring (bicyclic) bond motifs is 7. The van der Waals surface area contributed by atoms with E-state index in [0.29, 0.717) is 17.5 Å². The molecular formula is C61H38N4S. The number of para-hydroxylation sites is 2. The number of hydrogen-bond donors (Lipinski definition) is 0. The lowest BCUT2D eigenvalue weighted by Gasteiger charge is -2.16. The summed E-state index contributed by atoms with van der Waals surface area (Å²) in [7, 11) is 0. The molecule has 0 amide bonds. The first kappa shape index (κ1) is 38.0. The Bertz CT molecular complexity index is 3940. The standard InChI is InChI=1S/C61H38N4S/c1-2-14-41(15-3-1)49-33-32-48(37-56(49)65-54-22-9-6-19-50(54)51-20-7-10-23-55(51)65)61-63-59(42-28-25-40(26-29-42)45-30-27-39-13-4-5-16-43(39)35-45)62-60(64-61)47-18-12-17-44(36-47)46-31-34-53-52-21-8-11-24-57(52)66-58(53)38-46/h1-38H. The zero-order valence-electron chi connectivity index (χ0n) is 35.6. The van der Waals surface area contributed by atoms with Crippen LogP contribution in [0, 0.1) is 0 Å². The van der Waals surface area contributed by atoms with Crippen molar-refractivity contribution in [3.8, 4) is 73.2 Å². The third kappa shape index (κ3) is 6.56. The normalized spacial score (nSPS) is 11.6. The fourth-order valence-corrected chi connectivity index (χ4v) is 10.7. The maximum atomic E-state index is 5.33. The van der Waals surface area contributed by atoms with Crippen molar-refractivity contribution in [2.75, 3.05) is 0 Å². The fraction of sp³-hybridized carbons (Fsp3) is 0. The Balaban J connectivity index is 0.982. The van der Waals surface area contributed by atoms with Gasteiger partial charge in [-0.3, -0.25) is 0 Å². The second kappa shape index (κ2) is 15.6. The second-order valence-corrected chi connectivity index (χ2v) is 17.9. The number of thiophene rings is 1. The highest BCUT2D eigenvalue weighted by molar-refractivity contribution is 7.25. The molecule has 0 saturated carbocycles. The molecule has 0 atom stereocenters. The summed E-state index contributed by atoms with van der Waals surface area (Å²) in [6.45, 7) is 0. The summed E-state index contributed by atoms with van der Waals surface area (Å²) >= 11 is 1.84. The highest BCUT2D eigenvalue weighted by Gasteiger charge is 2.19. The van der Waals surface area contributed by atoms with E-state index in [4.69, 9.17) is 15.0 Å². The molecule has 0 spiro atoms. The minimum Gasteiger partial charge on any atom is -0.309 e. The van der Waals surface area contributed by atoms with Crippen LogP contribution in [-0.2, 0) is 0 Å². The molecule has 13 aromatic rings. The Morgan fingerprint density at radius 3 is 1.58 bits per heavy atom. The van der Waals surface area contributed by atoms with Gasteiger partial charge in [-0.1, -0.05) is 188 Å². The van der Waals surface area contributed by atoms with Crippen LogP contribution in [0.1, 0.15) is 0 Å². The smallest absolute Gasteiger partial charge is 0.164 e. The van der Waals surface area contributed by atoms with Crippen LogP contribution in [0.4, 0.5) is 0 Å². The molecule has 0 saturated heterocycles. The number of hydrogen-bond acceptors (Lipinski definition) is 4. The first-order valence-electron chi connectivity index (χ1n) is 22.2. The lowest BCUT2D eigenvalue weighted by atomic mass is 9.99. The predicted octanol–water partition coefficient (Wildman–Crippen LogP) is 16.5. The zero-order chi connectivity index (χ0) is 43.6. The maximum Gasteiger partial charge on any atom is 0.164 e. The molecule has 3 heterocycles. The molecular weight excluding hydrogens is 821 g/mol. The summed E-state index contributed by atoms with van der Waals surface area (Å²) in [6, 6.07) is 82.3. The van der Waals surface area contributed by atoms with Gasteiger partial charge in [0.25, 0.3) is 0 Å². The van der Waals surface area contributed by atoms with Crippen LogP contribution >= 0.6 is 11.3 Å². The van der Waals surface area contributed by atoms with E-state index in [9.17, 15) is 0 Å². The van der Waals surface area contributed by atoms with Gasteiger partial charge in [0.15, 0.2) is 17.5 Å². The van der Waals surface area contributed by atoms with Crippen molar-refractivity contribution >= 4 is 64.1 Å². The van der Waals surface area contributed by atoms with Crippen LogP contribution in [-0.4, -0.2) is 19.5 Å². The van der Waals surface area contributed by atoms with Gasteiger partial charge in [-0.2, -0.15) is 0 Å². The minimum atomic E-state index is 0.604. The summed E-state index contributed by atoms with van der Waals surface area (Å²) in [6.07, 6.45) is 0. The van der Waals surface area contributed by atoms with Crippen LogP contribution < -0.4 is 0 Å². The van der Waals surface area contributed by atoms with Gasteiger partial charge in [-0.15, -0.1) is 11.3 Å². The molecule has 4 nitrogen and oxygen atoms in total. The Morgan fingerprint density at radius 2 is 0.803 bits per heavy atom. The third-order valence-electron chi connectivity index (χ3n) is 12.9. The van der Waals surface area contributed by atoms with E-state index in [1.807, 2.05) is 11.3 Å². The summed E-state index contributed by atoms with van der Waals surface area (Å²) in [5, 5.41) is 7.45. The predicted molar refractivity (Wildman–Crippen MR) is 277 cm³/mol. The van der Waals surface area contributed by atoms with Gasteiger partial charge in [-0.05, 0) is 81.1 Å². The average molecular weight is 859 g/mol. The van der Waals surface area contributed by atoms with E-state index in [2.05, 4.69) is 235 Å². The molecule has 10 aromatic carbocycles. The molecule has 0 aliphatic rings. The topological polar surface area (TPSA) is 43.6 Å². The van der Waals surface area contributed by atoms with Crippen molar-refractivity contribution in [1.82, 2.24) is 19.5 Å². The molecule has 3 aromatic heterocycles. The second-order valence-electron chi connectivity index (χ2n) is 16.8. The Kier molecular flexibility index (Phi) is 9.00. The maximum absolute atomic E-state index is 5.33. The van der Waals surface area contributed by atoms with Gasteiger partial charge >= 0.3 is 0 Å².